The van der Waals surface area contributed by atoms with Gasteiger partial charge in [0.05, 0.1) is 0 Å². The Kier molecular flexibility index (Phi) is 5.02. The summed E-state index contributed by atoms with van der Waals surface area (Å²) in [5, 5.41) is 0. The van der Waals surface area contributed by atoms with Gasteiger partial charge in [-0.3, -0.25) is 0 Å². The van der Waals surface area contributed by atoms with Crippen LogP contribution in [0.4, 0.5) is 0 Å². The molecule has 1 heterocycles. The van der Waals surface area contributed by atoms with Crippen LogP contribution in [-0.4, -0.2) is 34.2 Å². The van der Waals surface area contributed by atoms with Gasteiger partial charge in [-0.2, -0.15) is 0 Å². The first-order valence-corrected chi connectivity index (χ1v) is 11.6. The fraction of sp³-hybridized carbons (Fsp3) is 0.769. The molecule has 0 saturated carbocycles. The SMILES string of the molecule is C=C1[Se]C(=NCCC)C([Si](C)(C)C)C1CC. The Morgan fingerprint density at radius 3 is 2.38 bits per heavy atom. The molecule has 92 valence electrons. The van der Waals surface area contributed by atoms with E-state index in [-0.39, 0.29) is 0 Å². The van der Waals surface area contributed by atoms with Crippen molar-refractivity contribution in [1.82, 2.24) is 0 Å². The first-order valence-electron chi connectivity index (χ1n) is 6.32. The predicted molar refractivity (Wildman–Crippen MR) is 78.4 cm³/mol. The quantitative estimate of drug-likeness (QED) is 0.701. The van der Waals surface area contributed by atoms with E-state index < -0.39 is 8.07 Å². The van der Waals surface area contributed by atoms with Crippen LogP contribution in [0.1, 0.15) is 26.7 Å². The number of rotatable bonds is 4. The van der Waals surface area contributed by atoms with Gasteiger partial charge in [-0.15, -0.1) is 0 Å². The molecule has 16 heavy (non-hydrogen) atoms. The molecule has 0 N–H and O–H groups in total. The van der Waals surface area contributed by atoms with Crippen LogP contribution in [0.15, 0.2) is 16.0 Å². The second kappa shape index (κ2) is 5.66. The molecule has 0 aromatic heterocycles. The van der Waals surface area contributed by atoms with Crippen LogP contribution < -0.4 is 0 Å². The average molecular weight is 302 g/mol. The maximum absolute atomic E-state index is 4.86. The molecule has 1 fully saturated rings. The van der Waals surface area contributed by atoms with E-state index in [9.17, 15) is 0 Å². The summed E-state index contributed by atoms with van der Waals surface area (Å²) in [5.74, 6) is 0.738. The van der Waals surface area contributed by atoms with E-state index in [2.05, 4.69) is 40.1 Å². The second-order valence-electron chi connectivity index (χ2n) is 5.65. The molecule has 1 aliphatic rings. The zero-order chi connectivity index (χ0) is 12.3. The van der Waals surface area contributed by atoms with Crippen molar-refractivity contribution in [1.29, 1.82) is 0 Å². The maximum atomic E-state index is 4.86. The third kappa shape index (κ3) is 3.09. The fourth-order valence-electron chi connectivity index (χ4n) is 2.42. The summed E-state index contributed by atoms with van der Waals surface area (Å²) in [5.41, 5.74) is 0.775. The summed E-state index contributed by atoms with van der Waals surface area (Å²) in [4.78, 5) is 4.86. The molecule has 0 aromatic carbocycles. The Morgan fingerprint density at radius 1 is 1.31 bits per heavy atom. The molecule has 0 aliphatic carbocycles. The van der Waals surface area contributed by atoms with Crippen LogP contribution in [-0.2, 0) is 0 Å². The monoisotopic (exact) mass is 303 g/mol. The zero-order valence-corrected chi connectivity index (χ0v) is 14.1. The van der Waals surface area contributed by atoms with Crippen LogP contribution in [0.25, 0.3) is 0 Å². The van der Waals surface area contributed by atoms with Crippen molar-refractivity contribution in [2.45, 2.75) is 51.9 Å². The van der Waals surface area contributed by atoms with E-state index in [1.54, 1.807) is 0 Å². The van der Waals surface area contributed by atoms with Crippen molar-refractivity contribution in [2.24, 2.45) is 10.9 Å². The Bertz CT molecular complexity index is 291. The van der Waals surface area contributed by atoms with E-state index in [0.29, 0.717) is 15.0 Å². The molecule has 0 amide bonds. The molecule has 0 spiro atoms. The molecule has 0 radical (unpaired) electrons. The minimum atomic E-state index is -1.14. The Labute approximate surface area is 108 Å². The first kappa shape index (κ1) is 14.2. The van der Waals surface area contributed by atoms with E-state index in [4.69, 9.17) is 4.99 Å². The van der Waals surface area contributed by atoms with Gasteiger partial charge < -0.3 is 0 Å². The number of hydrogen-bond donors (Lipinski definition) is 0. The van der Waals surface area contributed by atoms with E-state index in [0.717, 1.165) is 18.0 Å². The van der Waals surface area contributed by atoms with Crippen LogP contribution in [0.5, 0.6) is 0 Å². The predicted octanol–water partition coefficient (Wildman–Crippen LogP) is 3.76. The van der Waals surface area contributed by atoms with E-state index >= 15 is 0 Å². The molecule has 0 bridgehead atoms. The van der Waals surface area contributed by atoms with Crippen molar-refractivity contribution in [2.75, 3.05) is 6.54 Å². The van der Waals surface area contributed by atoms with Crippen LogP contribution in [0.3, 0.4) is 0 Å². The molecule has 0 aromatic rings. The Hall–Kier alpha value is 0.146. The number of hydrogen-bond acceptors (Lipinski definition) is 1. The van der Waals surface area contributed by atoms with Gasteiger partial charge in [0.2, 0.25) is 0 Å². The summed E-state index contributed by atoms with van der Waals surface area (Å²) in [7, 11) is -1.14. The first-order chi connectivity index (χ1) is 7.41. The summed E-state index contributed by atoms with van der Waals surface area (Å²) >= 11 is 0.487. The normalized spacial score (nSPS) is 29.1. The Morgan fingerprint density at radius 2 is 1.94 bits per heavy atom. The number of aliphatic imine (C=N–C) groups is 1. The van der Waals surface area contributed by atoms with Crippen molar-refractivity contribution in [3.8, 4) is 0 Å². The average Bonchev–Trinajstić information content (AvgIpc) is 2.50. The van der Waals surface area contributed by atoms with Crippen LogP contribution in [0, 0.1) is 5.92 Å². The Balaban J connectivity index is 2.98. The second-order valence-corrected chi connectivity index (χ2v) is 13.4. The zero-order valence-electron chi connectivity index (χ0n) is 11.3. The van der Waals surface area contributed by atoms with Gasteiger partial charge in [0, 0.05) is 0 Å². The third-order valence-electron chi connectivity index (χ3n) is 3.18. The molecule has 1 nitrogen and oxygen atoms in total. The van der Waals surface area contributed by atoms with Crippen LogP contribution in [0.2, 0.25) is 25.2 Å². The van der Waals surface area contributed by atoms with Gasteiger partial charge in [0.1, 0.15) is 0 Å². The van der Waals surface area contributed by atoms with E-state index in [1.807, 2.05) is 0 Å². The fourth-order valence-corrected chi connectivity index (χ4v) is 10.2. The van der Waals surface area contributed by atoms with Crippen molar-refractivity contribution in [3.63, 3.8) is 0 Å². The third-order valence-corrected chi connectivity index (χ3v) is 8.62. The summed E-state index contributed by atoms with van der Waals surface area (Å²) < 4.78 is 3.03. The summed E-state index contributed by atoms with van der Waals surface area (Å²) in [6.45, 7) is 17.3. The molecule has 2 atom stereocenters. The standard InChI is InChI=1S/C13H25NSeSi/c1-7-9-14-13-12(16(4,5)6)11(8-2)10(3)15-13/h11-12H,3,7-9H2,1-2,4-6H3. The molecule has 3 heteroatoms. The van der Waals surface area contributed by atoms with E-state index in [1.165, 1.54) is 21.9 Å². The van der Waals surface area contributed by atoms with Gasteiger partial charge in [0.25, 0.3) is 0 Å². The van der Waals surface area contributed by atoms with Crippen molar-refractivity contribution < 1.29 is 0 Å². The number of allylic oxidation sites excluding steroid dienone is 1. The van der Waals surface area contributed by atoms with Gasteiger partial charge in [0.15, 0.2) is 0 Å². The molecule has 1 aliphatic heterocycles. The summed E-state index contributed by atoms with van der Waals surface area (Å²) in [6, 6.07) is 0. The van der Waals surface area contributed by atoms with Gasteiger partial charge in [-0.05, 0) is 0 Å². The topological polar surface area (TPSA) is 12.4 Å². The van der Waals surface area contributed by atoms with Gasteiger partial charge in [-0.1, -0.05) is 0 Å². The molecular formula is C13H25NSeSi. The molecule has 1 saturated heterocycles. The molecular weight excluding hydrogens is 277 g/mol. The van der Waals surface area contributed by atoms with Crippen molar-refractivity contribution >= 4 is 27.6 Å². The number of nitrogens with zero attached hydrogens (tertiary/aromatic N) is 1. The van der Waals surface area contributed by atoms with Gasteiger partial charge >= 0.3 is 108 Å². The minimum absolute atomic E-state index is 0.487. The summed E-state index contributed by atoms with van der Waals surface area (Å²) in [6.07, 6.45) is 2.42. The van der Waals surface area contributed by atoms with Crippen LogP contribution >= 0.6 is 0 Å². The van der Waals surface area contributed by atoms with Crippen molar-refractivity contribution in [3.05, 3.63) is 11.1 Å². The molecule has 1 rings (SSSR count). The van der Waals surface area contributed by atoms with Gasteiger partial charge in [-0.25, -0.2) is 0 Å². The molecule has 2 unspecified atom stereocenters.